The first kappa shape index (κ1) is 8.94. The summed E-state index contributed by atoms with van der Waals surface area (Å²) in [6.07, 6.45) is 1.87. The molecule has 0 N–H and O–H groups in total. The third-order valence-corrected chi connectivity index (χ3v) is 2.44. The number of hydrogen-bond donors (Lipinski definition) is 0. The van der Waals surface area contributed by atoms with Gasteiger partial charge in [0.05, 0.1) is 0 Å². The molecule has 0 aromatic heterocycles. The number of benzene rings is 1. The minimum Gasteiger partial charge on any atom is -0.339 e. The Bertz CT molecular complexity index is 352. The molecule has 72 valence electrons. The molecular weight excluding hydrogens is 178 g/mol. The number of hydrogen-bond acceptors (Lipinski definition) is 2. The topological polar surface area (TPSA) is 37.4 Å². The van der Waals surface area contributed by atoms with Crippen molar-refractivity contribution in [3.8, 4) is 0 Å². The molecule has 2 rings (SSSR count). The SMILES string of the molecule is O=Cc1ccc(C(=O)N2CCC2)cc1. The number of amides is 1. The van der Waals surface area contributed by atoms with E-state index in [4.69, 9.17) is 0 Å². The average Bonchev–Trinajstić information content (AvgIpc) is 2.15. The summed E-state index contributed by atoms with van der Waals surface area (Å²) in [5.41, 5.74) is 1.26. The fourth-order valence-electron chi connectivity index (χ4n) is 1.41. The first-order chi connectivity index (χ1) is 6.81. The first-order valence-electron chi connectivity index (χ1n) is 4.66. The number of aldehydes is 1. The molecule has 1 aliphatic rings. The van der Waals surface area contributed by atoms with Crippen LogP contribution in [0.5, 0.6) is 0 Å². The zero-order valence-electron chi connectivity index (χ0n) is 7.77. The second kappa shape index (κ2) is 3.62. The summed E-state index contributed by atoms with van der Waals surface area (Å²) in [6, 6.07) is 6.73. The first-order valence-corrected chi connectivity index (χ1v) is 4.66. The van der Waals surface area contributed by atoms with Gasteiger partial charge in [-0.15, -0.1) is 0 Å². The maximum absolute atomic E-state index is 11.7. The maximum atomic E-state index is 11.7. The van der Waals surface area contributed by atoms with E-state index < -0.39 is 0 Å². The molecule has 0 saturated carbocycles. The van der Waals surface area contributed by atoms with E-state index in [1.165, 1.54) is 0 Å². The molecule has 1 saturated heterocycles. The van der Waals surface area contributed by atoms with Crippen LogP contribution in [0.3, 0.4) is 0 Å². The summed E-state index contributed by atoms with van der Waals surface area (Å²) in [7, 11) is 0. The van der Waals surface area contributed by atoms with Crippen LogP contribution in [0.25, 0.3) is 0 Å². The largest absolute Gasteiger partial charge is 0.339 e. The van der Waals surface area contributed by atoms with E-state index >= 15 is 0 Å². The van der Waals surface area contributed by atoms with Gasteiger partial charge in [-0.3, -0.25) is 9.59 Å². The van der Waals surface area contributed by atoms with Gasteiger partial charge in [0.15, 0.2) is 0 Å². The van der Waals surface area contributed by atoms with E-state index in [1.807, 2.05) is 0 Å². The van der Waals surface area contributed by atoms with Crippen LogP contribution in [0.2, 0.25) is 0 Å². The van der Waals surface area contributed by atoms with E-state index in [1.54, 1.807) is 29.2 Å². The Morgan fingerprint density at radius 1 is 1.21 bits per heavy atom. The van der Waals surface area contributed by atoms with Gasteiger partial charge in [0.25, 0.3) is 5.91 Å². The van der Waals surface area contributed by atoms with Gasteiger partial charge in [0.1, 0.15) is 6.29 Å². The predicted molar refractivity (Wildman–Crippen MR) is 52.4 cm³/mol. The zero-order valence-corrected chi connectivity index (χ0v) is 7.77. The molecule has 1 aromatic rings. The monoisotopic (exact) mass is 189 g/mol. The molecule has 3 heteroatoms. The lowest BCUT2D eigenvalue weighted by atomic mass is 10.1. The summed E-state index contributed by atoms with van der Waals surface area (Å²) >= 11 is 0. The highest BCUT2D eigenvalue weighted by molar-refractivity contribution is 5.95. The van der Waals surface area contributed by atoms with Crippen LogP contribution in [-0.4, -0.2) is 30.2 Å². The van der Waals surface area contributed by atoms with Crippen LogP contribution in [0.4, 0.5) is 0 Å². The van der Waals surface area contributed by atoms with Gasteiger partial charge >= 0.3 is 0 Å². The molecule has 1 fully saturated rings. The normalized spacial score (nSPS) is 14.7. The van der Waals surface area contributed by atoms with Crippen LogP contribution < -0.4 is 0 Å². The van der Waals surface area contributed by atoms with Gasteiger partial charge in [-0.25, -0.2) is 0 Å². The Balaban J connectivity index is 2.15. The van der Waals surface area contributed by atoms with Crippen molar-refractivity contribution in [1.82, 2.24) is 4.90 Å². The van der Waals surface area contributed by atoms with Crippen LogP contribution in [0.15, 0.2) is 24.3 Å². The van der Waals surface area contributed by atoms with Gasteiger partial charge in [0.2, 0.25) is 0 Å². The van der Waals surface area contributed by atoms with Gasteiger partial charge in [0, 0.05) is 24.2 Å². The third-order valence-electron chi connectivity index (χ3n) is 2.44. The third kappa shape index (κ3) is 1.53. The van der Waals surface area contributed by atoms with Crippen LogP contribution in [0.1, 0.15) is 27.1 Å². The summed E-state index contributed by atoms with van der Waals surface area (Å²) in [5.74, 6) is 0.0636. The predicted octanol–water partition coefficient (Wildman–Crippen LogP) is 1.34. The molecule has 14 heavy (non-hydrogen) atoms. The molecule has 0 spiro atoms. The number of carbonyl (C=O) groups is 2. The Morgan fingerprint density at radius 3 is 2.29 bits per heavy atom. The quantitative estimate of drug-likeness (QED) is 0.658. The lowest BCUT2D eigenvalue weighted by Crippen LogP contribution is -2.41. The molecule has 1 heterocycles. The fourth-order valence-corrected chi connectivity index (χ4v) is 1.41. The van der Waals surface area contributed by atoms with Gasteiger partial charge in [-0.05, 0) is 18.6 Å². The van der Waals surface area contributed by atoms with E-state index in [-0.39, 0.29) is 5.91 Å². The van der Waals surface area contributed by atoms with Gasteiger partial charge < -0.3 is 4.90 Å². The van der Waals surface area contributed by atoms with E-state index in [2.05, 4.69) is 0 Å². The van der Waals surface area contributed by atoms with E-state index in [9.17, 15) is 9.59 Å². The van der Waals surface area contributed by atoms with Crippen molar-refractivity contribution in [3.63, 3.8) is 0 Å². The standard InChI is InChI=1S/C11H11NO2/c13-8-9-2-4-10(5-3-9)11(14)12-6-1-7-12/h2-5,8H,1,6-7H2. The van der Waals surface area contributed by atoms with Crippen molar-refractivity contribution in [2.75, 3.05) is 13.1 Å². The molecule has 0 unspecified atom stereocenters. The summed E-state index contributed by atoms with van der Waals surface area (Å²) in [5, 5.41) is 0. The molecule has 1 amide bonds. The summed E-state index contributed by atoms with van der Waals surface area (Å²) in [6.45, 7) is 1.71. The lowest BCUT2D eigenvalue weighted by Gasteiger charge is -2.30. The van der Waals surface area contributed by atoms with Crippen molar-refractivity contribution >= 4 is 12.2 Å². The Morgan fingerprint density at radius 2 is 1.86 bits per heavy atom. The van der Waals surface area contributed by atoms with Crippen molar-refractivity contribution in [3.05, 3.63) is 35.4 Å². The van der Waals surface area contributed by atoms with E-state index in [0.29, 0.717) is 11.1 Å². The van der Waals surface area contributed by atoms with E-state index in [0.717, 1.165) is 25.8 Å². The molecule has 3 nitrogen and oxygen atoms in total. The lowest BCUT2D eigenvalue weighted by molar-refractivity contribution is 0.0651. The van der Waals surface area contributed by atoms with Crippen molar-refractivity contribution in [2.24, 2.45) is 0 Å². The summed E-state index contributed by atoms with van der Waals surface area (Å²) in [4.78, 5) is 23.9. The van der Waals surface area contributed by atoms with Crippen molar-refractivity contribution in [1.29, 1.82) is 0 Å². The molecule has 0 radical (unpaired) electrons. The Kier molecular flexibility index (Phi) is 2.31. The van der Waals surface area contributed by atoms with Crippen molar-refractivity contribution in [2.45, 2.75) is 6.42 Å². The fraction of sp³-hybridized carbons (Fsp3) is 0.273. The number of carbonyl (C=O) groups excluding carboxylic acids is 2. The molecular formula is C11H11NO2. The minimum atomic E-state index is 0.0636. The Hall–Kier alpha value is -1.64. The van der Waals surface area contributed by atoms with Gasteiger partial charge in [-0.1, -0.05) is 12.1 Å². The highest BCUT2D eigenvalue weighted by Gasteiger charge is 2.20. The van der Waals surface area contributed by atoms with Crippen LogP contribution in [0, 0.1) is 0 Å². The molecule has 1 aromatic carbocycles. The molecule has 0 bridgehead atoms. The molecule has 0 aliphatic carbocycles. The molecule has 1 aliphatic heterocycles. The maximum Gasteiger partial charge on any atom is 0.253 e. The second-order valence-corrected chi connectivity index (χ2v) is 3.39. The number of likely N-dealkylation sites (tertiary alicyclic amines) is 1. The highest BCUT2D eigenvalue weighted by Crippen LogP contribution is 2.12. The van der Waals surface area contributed by atoms with Crippen molar-refractivity contribution < 1.29 is 9.59 Å². The van der Waals surface area contributed by atoms with Crippen LogP contribution >= 0.6 is 0 Å². The number of rotatable bonds is 2. The number of nitrogens with zero attached hydrogens (tertiary/aromatic N) is 1. The average molecular weight is 189 g/mol. The smallest absolute Gasteiger partial charge is 0.253 e. The minimum absolute atomic E-state index is 0.0636. The highest BCUT2D eigenvalue weighted by atomic mass is 16.2. The second-order valence-electron chi connectivity index (χ2n) is 3.39. The zero-order chi connectivity index (χ0) is 9.97. The van der Waals surface area contributed by atoms with Crippen LogP contribution in [-0.2, 0) is 0 Å². The Labute approximate surface area is 82.3 Å². The van der Waals surface area contributed by atoms with Gasteiger partial charge in [-0.2, -0.15) is 0 Å². The molecule has 0 atom stereocenters. The summed E-state index contributed by atoms with van der Waals surface area (Å²) < 4.78 is 0.